The first kappa shape index (κ1) is 13.2. The summed E-state index contributed by atoms with van der Waals surface area (Å²) in [4.78, 5) is 16.6. The Morgan fingerprint density at radius 2 is 2.21 bits per heavy atom. The van der Waals surface area contributed by atoms with Gasteiger partial charge in [0.15, 0.2) is 5.82 Å². The molecule has 0 saturated carbocycles. The van der Waals surface area contributed by atoms with Crippen LogP contribution in [0, 0.1) is 11.8 Å². The quantitative estimate of drug-likeness (QED) is 0.799. The highest BCUT2D eigenvalue weighted by Crippen LogP contribution is 2.14. The predicted molar refractivity (Wildman–Crippen MR) is 63.3 cm³/mol. The van der Waals surface area contributed by atoms with Crippen LogP contribution in [0.15, 0.2) is 35.1 Å². The molecule has 0 radical (unpaired) electrons. The highest BCUT2D eigenvalue weighted by molar-refractivity contribution is 5.94. The zero-order valence-corrected chi connectivity index (χ0v) is 10.3. The number of rotatable bonds is 4. The molecule has 100 valence electrons. The smallest absolute Gasteiger partial charge is 0.257 e. The maximum absolute atomic E-state index is 13.5. The van der Waals surface area contributed by atoms with Crippen LogP contribution in [-0.4, -0.2) is 22.3 Å². The molecule has 2 aromatic rings. The van der Waals surface area contributed by atoms with Crippen LogP contribution >= 0.6 is 0 Å². The van der Waals surface area contributed by atoms with Gasteiger partial charge in [0.05, 0.1) is 18.4 Å². The van der Waals surface area contributed by atoms with E-state index in [2.05, 4.69) is 4.98 Å². The Balaban J connectivity index is 2.23. The summed E-state index contributed by atoms with van der Waals surface area (Å²) >= 11 is 0. The van der Waals surface area contributed by atoms with Crippen molar-refractivity contribution in [1.82, 2.24) is 9.88 Å². The molecular weight excluding hydrogens is 254 g/mol. The SMILES string of the molecule is CCN(Cc1ccco1)C(=O)c1ccnc(F)c1F. The Morgan fingerprint density at radius 1 is 1.42 bits per heavy atom. The number of hydrogen-bond donors (Lipinski definition) is 0. The molecular formula is C13H12F2N2O2. The van der Waals surface area contributed by atoms with Gasteiger partial charge in [0.25, 0.3) is 5.91 Å². The Bertz CT molecular complexity index is 570. The number of halogens is 2. The van der Waals surface area contributed by atoms with E-state index in [-0.39, 0.29) is 12.1 Å². The van der Waals surface area contributed by atoms with Gasteiger partial charge in [0.1, 0.15) is 5.76 Å². The van der Waals surface area contributed by atoms with Crippen LogP contribution in [0.1, 0.15) is 23.0 Å². The summed E-state index contributed by atoms with van der Waals surface area (Å²) in [6, 6.07) is 4.56. The lowest BCUT2D eigenvalue weighted by Gasteiger charge is -2.19. The molecule has 0 fully saturated rings. The zero-order chi connectivity index (χ0) is 13.8. The molecule has 0 saturated heterocycles. The van der Waals surface area contributed by atoms with E-state index in [1.165, 1.54) is 11.2 Å². The Morgan fingerprint density at radius 3 is 2.84 bits per heavy atom. The van der Waals surface area contributed by atoms with Gasteiger partial charge in [-0.1, -0.05) is 0 Å². The van der Waals surface area contributed by atoms with Crippen molar-refractivity contribution in [3.05, 3.63) is 53.7 Å². The van der Waals surface area contributed by atoms with Crippen molar-refractivity contribution in [3.8, 4) is 0 Å². The molecule has 6 heteroatoms. The highest BCUT2D eigenvalue weighted by atomic mass is 19.2. The normalized spacial score (nSPS) is 10.5. The molecule has 0 aromatic carbocycles. The molecule has 0 aliphatic carbocycles. The van der Waals surface area contributed by atoms with Crippen LogP contribution in [0.3, 0.4) is 0 Å². The van der Waals surface area contributed by atoms with Crippen molar-refractivity contribution in [1.29, 1.82) is 0 Å². The van der Waals surface area contributed by atoms with Gasteiger partial charge >= 0.3 is 0 Å². The number of nitrogens with zero attached hydrogens (tertiary/aromatic N) is 2. The Kier molecular flexibility index (Phi) is 3.89. The van der Waals surface area contributed by atoms with E-state index < -0.39 is 17.7 Å². The van der Waals surface area contributed by atoms with E-state index >= 15 is 0 Å². The van der Waals surface area contributed by atoms with Gasteiger partial charge in [-0.3, -0.25) is 4.79 Å². The van der Waals surface area contributed by atoms with Crippen LogP contribution in [0.25, 0.3) is 0 Å². The first-order chi connectivity index (χ1) is 9.13. The summed E-state index contributed by atoms with van der Waals surface area (Å²) in [5, 5.41) is 0. The van der Waals surface area contributed by atoms with Gasteiger partial charge in [-0.15, -0.1) is 0 Å². The number of carbonyl (C=O) groups excluding carboxylic acids is 1. The van der Waals surface area contributed by atoms with Crippen LogP contribution in [0.5, 0.6) is 0 Å². The molecule has 2 rings (SSSR count). The zero-order valence-electron chi connectivity index (χ0n) is 10.3. The molecule has 0 spiro atoms. The van der Waals surface area contributed by atoms with Crippen molar-refractivity contribution in [2.75, 3.05) is 6.54 Å². The maximum Gasteiger partial charge on any atom is 0.257 e. The van der Waals surface area contributed by atoms with Crippen molar-refractivity contribution in [2.24, 2.45) is 0 Å². The lowest BCUT2D eigenvalue weighted by atomic mass is 10.2. The molecule has 4 nitrogen and oxygen atoms in total. The number of amides is 1. The first-order valence-corrected chi connectivity index (χ1v) is 5.75. The van der Waals surface area contributed by atoms with E-state index in [4.69, 9.17) is 4.42 Å². The molecule has 19 heavy (non-hydrogen) atoms. The predicted octanol–water partition coefficient (Wildman–Crippen LogP) is 2.62. The van der Waals surface area contributed by atoms with Gasteiger partial charge in [-0.2, -0.15) is 4.39 Å². The second-order valence-corrected chi connectivity index (χ2v) is 3.86. The average molecular weight is 266 g/mol. The second-order valence-electron chi connectivity index (χ2n) is 3.86. The standard InChI is InChI=1S/C13H12F2N2O2/c1-2-17(8-9-4-3-7-19-9)13(18)10-5-6-16-12(15)11(10)14/h3-7H,2,8H2,1H3. The average Bonchev–Trinajstić information content (AvgIpc) is 2.91. The van der Waals surface area contributed by atoms with Gasteiger partial charge in [-0.05, 0) is 25.1 Å². The van der Waals surface area contributed by atoms with Crippen LogP contribution in [-0.2, 0) is 6.54 Å². The monoisotopic (exact) mass is 266 g/mol. The fraction of sp³-hybridized carbons (Fsp3) is 0.231. The minimum atomic E-state index is -1.28. The lowest BCUT2D eigenvalue weighted by Crippen LogP contribution is -2.31. The highest BCUT2D eigenvalue weighted by Gasteiger charge is 2.21. The summed E-state index contributed by atoms with van der Waals surface area (Å²) in [6.07, 6.45) is 2.55. The van der Waals surface area contributed by atoms with Gasteiger partial charge in [-0.25, -0.2) is 9.37 Å². The topological polar surface area (TPSA) is 46.3 Å². The molecule has 0 unspecified atom stereocenters. The fourth-order valence-electron chi connectivity index (χ4n) is 1.67. The van der Waals surface area contributed by atoms with Crippen molar-refractivity contribution < 1.29 is 18.0 Å². The maximum atomic E-state index is 13.5. The van der Waals surface area contributed by atoms with Crippen molar-refractivity contribution in [3.63, 3.8) is 0 Å². The molecule has 0 atom stereocenters. The minimum absolute atomic E-state index is 0.200. The van der Waals surface area contributed by atoms with Gasteiger partial charge < -0.3 is 9.32 Å². The third-order valence-corrected chi connectivity index (χ3v) is 2.67. The molecule has 1 amide bonds. The van der Waals surface area contributed by atoms with E-state index in [0.717, 1.165) is 12.3 Å². The number of aromatic nitrogens is 1. The number of pyridine rings is 1. The third-order valence-electron chi connectivity index (χ3n) is 2.67. The Labute approximate surface area is 108 Å². The molecule has 0 aliphatic rings. The minimum Gasteiger partial charge on any atom is -0.467 e. The number of furan rings is 1. The van der Waals surface area contributed by atoms with Crippen LogP contribution in [0.4, 0.5) is 8.78 Å². The summed E-state index contributed by atoms with van der Waals surface area (Å²) in [5.41, 5.74) is -0.332. The summed E-state index contributed by atoms with van der Waals surface area (Å²) in [7, 11) is 0. The van der Waals surface area contributed by atoms with Gasteiger partial charge in [0, 0.05) is 12.7 Å². The van der Waals surface area contributed by atoms with Crippen molar-refractivity contribution in [2.45, 2.75) is 13.5 Å². The number of carbonyl (C=O) groups is 1. The summed E-state index contributed by atoms with van der Waals surface area (Å²) in [6.45, 7) is 2.30. The second kappa shape index (κ2) is 5.60. The van der Waals surface area contributed by atoms with E-state index in [1.54, 1.807) is 19.1 Å². The fourth-order valence-corrected chi connectivity index (χ4v) is 1.67. The molecule has 2 aromatic heterocycles. The Hall–Kier alpha value is -2.24. The summed E-state index contributed by atoms with van der Waals surface area (Å²) in [5.74, 6) is -2.53. The molecule has 0 aliphatic heterocycles. The van der Waals surface area contributed by atoms with Crippen molar-refractivity contribution >= 4 is 5.91 Å². The van der Waals surface area contributed by atoms with E-state index in [1.807, 2.05) is 0 Å². The third kappa shape index (κ3) is 2.78. The molecule has 0 bridgehead atoms. The molecule has 2 heterocycles. The lowest BCUT2D eigenvalue weighted by molar-refractivity contribution is 0.0735. The largest absolute Gasteiger partial charge is 0.467 e. The summed E-state index contributed by atoms with van der Waals surface area (Å²) < 4.78 is 31.7. The van der Waals surface area contributed by atoms with E-state index in [0.29, 0.717) is 12.3 Å². The first-order valence-electron chi connectivity index (χ1n) is 5.75. The van der Waals surface area contributed by atoms with Crippen LogP contribution < -0.4 is 0 Å². The van der Waals surface area contributed by atoms with Gasteiger partial charge in [0.2, 0.25) is 5.95 Å². The number of hydrogen-bond acceptors (Lipinski definition) is 3. The van der Waals surface area contributed by atoms with E-state index in [9.17, 15) is 13.6 Å². The molecule has 0 N–H and O–H groups in total. The van der Waals surface area contributed by atoms with Crippen LogP contribution in [0.2, 0.25) is 0 Å².